The molecule has 2 aromatic rings. The zero-order valence-electron chi connectivity index (χ0n) is 21.1. The quantitative estimate of drug-likeness (QED) is 0.489. The van der Waals surface area contributed by atoms with Gasteiger partial charge in [-0.25, -0.2) is 23.2 Å². The Morgan fingerprint density at radius 3 is 2.69 bits per heavy atom. The number of rotatable bonds is 10. The molecule has 2 amide bonds. The highest BCUT2D eigenvalue weighted by Crippen LogP contribution is 2.38. The lowest BCUT2D eigenvalue weighted by molar-refractivity contribution is -0.152. The molecule has 0 unspecified atom stereocenters. The van der Waals surface area contributed by atoms with Gasteiger partial charge >= 0.3 is 6.09 Å². The Morgan fingerprint density at radius 1 is 1.28 bits per heavy atom. The fourth-order valence-corrected chi connectivity index (χ4v) is 4.90. The monoisotopic (exact) mass is 507 g/mol. The molecule has 1 saturated carbocycles. The highest BCUT2D eigenvalue weighted by Gasteiger charge is 2.42. The van der Waals surface area contributed by atoms with Gasteiger partial charge < -0.3 is 19.7 Å². The van der Waals surface area contributed by atoms with E-state index in [0.29, 0.717) is 32.4 Å². The second-order valence-corrected chi connectivity index (χ2v) is 9.75. The van der Waals surface area contributed by atoms with Crippen LogP contribution in [0.1, 0.15) is 62.9 Å². The summed E-state index contributed by atoms with van der Waals surface area (Å²) in [7, 11) is 1.32. The SMILES string of the molecule is COC(=O)NCCCn1nc([C@@H](C)N(C(=O)[C@H]2CC[C@@H](CC(F)F)CO2)C2CC2)c2ccc(C)nc21. The van der Waals surface area contributed by atoms with Gasteiger partial charge in [-0.05, 0) is 64.0 Å². The van der Waals surface area contributed by atoms with E-state index in [1.54, 1.807) is 0 Å². The molecule has 1 aliphatic heterocycles. The van der Waals surface area contributed by atoms with E-state index in [1.165, 1.54) is 7.11 Å². The molecule has 198 valence electrons. The fraction of sp³-hybridized carbons (Fsp3) is 0.680. The third-order valence-electron chi connectivity index (χ3n) is 6.93. The number of fused-ring (bicyclic) bond motifs is 1. The van der Waals surface area contributed by atoms with Crippen molar-refractivity contribution >= 4 is 23.0 Å². The van der Waals surface area contributed by atoms with Gasteiger partial charge in [-0.3, -0.25) is 4.79 Å². The molecule has 11 heteroatoms. The largest absolute Gasteiger partial charge is 0.453 e. The van der Waals surface area contributed by atoms with Crippen molar-refractivity contribution in [3.63, 3.8) is 0 Å². The number of carbonyl (C=O) groups excluding carboxylic acids is 2. The molecule has 1 aliphatic carbocycles. The Morgan fingerprint density at radius 2 is 2.06 bits per heavy atom. The van der Waals surface area contributed by atoms with Crippen LogP contribution in [0.25, 0.3) is 11.0 Å². The summed E-state index contributed by atoms with van der Waals surface area (Å²) in [5, 5.41) is 8.41. The molecule has 3 atom stereocenters. The topological polar surface area (TPSA) is 98.6 Å². The number of nitrogens with zero attached hydrogens (tertiary/aromatic N) is 4. The lowest BCUT2D eigenvalue weighted by Crippen LogP contribution is -2.45. The molecule has 0 bridgehead atoms. The van der Waals surface area contributed by atoms with Crippen LogP contribution >= 0.6 is 0 Å². The van der Waals surface area contributed by atoms with E-state index in [4.69, 9.17) is 14.8 Å². The number of alkyl carbamates (subject to hydrolysis) is 1. The lowest BCUT2D eigenvalue weighted by atomic mass is 9.94. The number of hydrogen-bond donors (Lipinski definition) is 1. The van der Waals surface area contributed by atoms with E-state index in [1.807, 2.05) is 35.6 Å². The first-order chi connectivity index (χ1) is 17.3. The molecule has 1 N–H and O–H groups in total. The van der Waals surface area contributed by atoms with Gasteiger partial charge in [0.1, 0.15) is 6.10 Å². The van der Waals surface area contributed by atoms with E-state index in [9.17, 15) is 18.4 Å². The first-order valence-electron chi connectivity index (χ1n) is 12.7. The summed E-state index contributed by atoms with van der Waals surface area (Å²) in [6, 6.07) is 3.74. The number of hydrogen-bond acceptors (Lipinski definition) is 6. The molecule has 3 heterocycles. The minimum atomic E-state index is -2.36. The normalized spacial score (nSPS) is 20.9. The van der Waals surface area contributed by atoms with Gasteiger partial charge in [-0.1, -0.05) is 0 Å². The van der Waals surface area contributed by atoms with Crippen LogP contribution in [0.15, 0.2) is 12.1 Å². The molecule has 9 nitrogen and oxygen atoms in total. The third-order valence-corrected chi connectivity index (χ3v) is 6.93. The van der Waals surface area contributed by atoms with Crippen LogP contribution in [0.5, 0.6) is 0 Å². The van der Waals surface area contributed by atoms with Crippen molar-refractivity contribution in [1.29, 1.82) is 0 Å². The Balaban J connectivity index is 1.51. The summed E-state index contributed by atoms with van der Waals surface area (Å²) in [5.41, 5.74) is 2.37. The number of halogens is 2. The minimum Gasteiger partial charge on any atom is -0.453 e. The summed E-state index contributed by atoms with van der Waals surface area (Å²) >= 11 is 0. The summed E-state index contributed by atoms with van der Waals surface area (Å²) in [5.74, 6) is -0.297. The van der Waals surface area contributed by atoms with Gasteiger partial charge in [0.25, 0.3) is 5.91 Å². The zero-order valence-corrected chi connectivity index (χ0v) is 21.1. The number of pyridine rings is 1. The van der Waals surface area contributed by atoms with Crippen LogP contribution in [0.4, 0.5) is 13.6 Å². The van der Waals surface area contributed by atoms with E-state index < -0.39 is 18.6 Å². The van der Waals surface area contributed by atoms with Gasteiger partial charge in [0.15, 0.2) is 5.65 Å². The minimum absolute atomic E-state index is 0.0921. The first-order valence-corrected chi connectivity index (χ1v) is 12.7. The van der Waals surface area contributed by atoms with Crippen LogP contribution < -0.4 is 5.32 Å². The van der Waals surface area contributed by atoms with E-state index in [0.717, 1.165) is 35.3 Å². The van der Waals surface area contributed by atoms with Gasteiger partial charge in [0.05, 0.1) is 25.5 Å². The molecule has 0 aromatic carbocycles. The Kier molecular flexibility index (Phi) is 8.38. The number of nitrogens with one attached hydrogen (secondary N) is 1. The molecular formula is C25H35F2N5O4. The molecule has 1 saturated heterocycles. The van der Waals surface area contributed by atoms with Crippen LogP contribution in [-0.4, -0.2) is 70.5 Å². The number of aromatic nitrogens is 3. The summed E-state index contributed by atoms with van der Waals surface area (Å²) in [6.07, 6.45) is -0.134. The van der Waals surface area contributed by atoms with Crippen molar-refractivity contribution in [3.05, 3.63) is 23.5 Å². The van der Waals surface area contributed by atoms with Crippen molar-refractivity contribution in [2.75, 3.05) is 20.3 Å². The van der Waals surface area contributed by atoms with Crippen molar-refractivity contribution in [2.45, 2.75) is 83.5 Å². The van der Waals surface area contributed by atoms with Crippen LogP contribution in [0, 0.1) is 12.8 Å². The lowest BCUT2D eigenvalue weighted by Gasteiger charge is -2.35. The van der Waals surface area contributed by atoms with E-state index in [-0.39, 0.29) is 36.9 Å². The molecule has 0 spiro atoms. The zero-order chi connectivity index (χ0) is 25.8. The fourth-order valence-electron chi connectivity index (χ4n) is 4.90. The molecule has 0 radical (unpaired) electrons. The second kappa shape index (κ2) is 11.5. The van der Waals surface area contributed by atoms with Gasteiger partial charge in [-0.2, -0.15) is 5.10 Å². The van der Waals surface area contributed by atoms with Crippen molar-refractivity contribution < 1.29 is 27.8 Å². The van der Waals surface area contributed by atoms with E-state index in [2.05, 4.69) is 10.1 Å². The summed E-state index contributed by atoms with van der Waals surface area (Å²) in [6.45, 7) is 5.05. The molecular weight excluding hydrogens is 472 g/mol. The number of alkyl halides is 2. The summed E-state index contributed by atoms with van der Waals surface area (Å²) in [4.78, 5) is 31.5. The number of amides is 2. The highest BCUT2D eigenvalue weighted by molar-refractivity contribution is 5.84. The van der Waals surface area contributed by atoms with Gasteiger partial charge in [0.2, 0.25) is 6.43 Å². The maximum Gasteiger partial charge on any atom is 0.406 e. The van der Waals surface area contributed by atoms with E-state index >= 15 is 0 Å². The van der Waals surface area contributed by atoms with Crippen LogP contribution in [-0.2, 0) is 20.8 Å². The maximum absolute atomic E-state index is 13.6. The van der Waals surface area contributed by atoms with Gasteiger partial charge in [-0.15, -0.1) is 0 Å². The Labute approximate surface area is 209 Å². The molecule has 36 heavy (non-hydrogen) atoms. The Bertz CT molecular complexity index is 1070. The number of methoxy groups -OCH3 is 1. The molecule has 2 aliphatic rings. The molecule has 2 fully saturated rings. The van der Waals surface area contributed by atoms with Crippen LogP contribution in [0.3, 0.4) is 0 Å². The number of ether oxygens (including phenoxy) is 2. The molecule has 2 aromatic heterocycles. The maximum atomic E-state index is 13.6. The summed E-state index contributed by atoms with van der Waals surface area (Å²) < 4.78 is 37.7. The number of aryl methyl sites for hydroxylation is 2. The first kappa shape index (κ1) is 26.2. The average Bonchev–Trinajstić information content (AvgIpc) is 3.62. The average molecular weight is 508 g/mol. The third kappa shape index (κ3) is 6.11. The van der Waals surface area contributed by atoms with Crippen molar-refractivity contribution in [2.24, 2.45) is 5.92 Å². The smallest absolute Gasteiger partial charge is 0.406 e. The predicted octanol–water partition coefficient (Wildman–Crippen LogP) is 3.99. The van der Waals surface area contributed by atoms with Gasteiger partial charge in [0, 0.05) is 36.6 Å². The highest BCUT2D eigenvalue weighted by atomic mass is 19.3. The van der Waals surface area contributed by atoms with Crippen molar-refractivity contribution in [1.82, 2.24) is 25.0 Å². The standard InChI is InChI=1S/C25H35F2N5O4/c1-15-5-9-19-22(30-31(23(19)29-15)12-4-11-28-25(34)35-3)16(2)32(18-7-8-18)24(33)20-10-6-17(14-36-20)13-21(26)27/h5,9,16-18,20-21H,4,6-8,10-14H2,1-3H3,(H,28,34)/t16-,17+,20-/m1/s1. The molecule has 4 rings (SSSR count). The van der Waals surface area contributed by atoms with Crippen LogP contribution in [0.2, 0.25) is 0 Å². The predicted molar refractivity (Wildman–Crippen MR) is 129 cm³/mol. The van der Waals surface area contributed by atoms with Crippen molar-refractivity contribution in [3.8, 4) is 0 Å². The second-order valence-electron chi connectivity index (χ2n) is 9.75. The Hall–Kier alpha value is -2.82. The number of carbonyl (C=O) groups is 2.